The highest BCUT2D eigenvalue weighted by Gasteiger charge is 2.22. The van der Waals surface area contributed by atoms with Crippen molar-refractivity contribution in [3.8, 4) is 0 Å². The summed E-state index contributed by atoms with van der Waals surface area (Å²) in [5, 5.41) is 0. The maximum absolute atomic E-state index is 5.72. The van der Waals surface area contributed by atoms with Crippen LogP contribution in [0.3, 0.4) is 0 Å². The molecule has 0 saturated carbocycles. The lowest BCUT2D eigenvalue weighted by Crippen LogP contribution is -2.40. The molecule has 6 heteroatoms. The lowest BCUT2D eigenvalue weighted by Gasteiger charge is -2.32. The molecule has 0 spiro atoms. The second-order valence-corrected chi connectivity index (χ2v) is 4.89. The van der Waals surface area contributed by atoms with Crippen molar-refractivity contribution in [1.29, 1.82) is 0 Å². The van der Waals surface area contributed by atoms with Crippen LogP contribution in [0.5, 0.6) is 0 Å². The summed E-state index contributed by atoms with van der Waals surface area (Å²) in [5.74, 6) is 1.17. The summed E-state index contributed by atoms with van der Waals surface area (Å²) in [7, 11) is 0. The van der Waals surface area contributed by atoms with Crippen molar-refractivity contribution in [3.05, 3.63) is 10.7 Å². The Kier molecular flexibility index (Phi) is 4.17. The van der Waals surface area contributed by atoms with Crippen molar-refractivity contribution in [2.45, 2.75) is 25.9 Å². The third kappa shape index (κ3) is 3.29. The minimum Gasteiger partial charge on any atom is -0.383 e. The van der Waals surface area contributed by atoms with Crippen LogP contribution in [0.2, 0.25) is 0 Å². The van der Waals surface area contributed by atoms with Crippen molar-refractivity contribution >= 4 is 27.7 Å². The quantitative estimate of drug-likeness (QED) is 0.863. The van der Waals surface area contributed by atoms with Crippen molar-refractivity contribution < 1.29 is 4.74 Å². The van der Waals surface area contributed by atoms with Crippen LogP contribution in [0.4, 0.5) is 11.8 Å². The minimum atomic E-state index is 0.276. The van der Waals surface area contributed by atoms with Gasteiger partial charge >= 0.3 is 0 Å². The molecule has 1 saturated heterocycles. The number of rotatable bonds is 3. The van der Waals surface area contributed by atoms with Gasteiger partial charge in [-0.05, 0) is 35.7 Å². The van der Waals surface area contributed by atoms with Gasteiger partial charge in [0.15, 0.2) is 0 Å². The molecule has 1 aromatic rings. The standard InChI is InChI=1S/C11H17BrN4O/c1-2-17-8-4-3-5-16(7-8)11-14-9(12)6-10(13)15-11/h6,8H,2-5,7H2,1H3,(H2,13,14,15). The van der Waals surface area contributed by atoms with Crippen LogP contribution in [-0.4, -0.2) is 35.8 Å². The fourth-order valence-corrected chi connectivity index (χ4v) is 2.45. The van der Waals surface area contributed by atoms with Gasteiger partial charge < -0.3 is 15.4 Å². The third-order valence-electron chi connectivity index (χ3n) is 2.77. The molecule has 0 aromatic carbocycles. The first-order chi connectivity index (χ1) is 8.19. The number of hydrogen-bond donors (Lipinski definition) is 1. The molecule has 2 heterocycles. The molecule has 1 fully saturated rings. The Hall–Kier alpha value is -0.880. The number of anilines is 2. The Bertz CT molecular complexity index is 365. The van der Waals surface area contributed by atoms with E-state index in [1.165, 1.54) is 0 Å². The average molecular weight is 301 g/mol. The fraction of sp³-hybridized carbons (Fsp3) is 0.636. The highest BCUT2D eigenvalue weighted by atomic mass is 79.9. The van der Waals surface area contributed by atoms with Gasteiger partial charge in [-0.15, -0.1) is 0 Å². The predicted octanol–water partition coefficient (Wildman–Crippen LogP) is 1.83. The zero-order valence-electron chi connectivity index (χ0n) is 9.90. The van der Waals surface area contributed by atoms with Crippen molar-refractivity contribution in [2.75, 3.05) is 30.3 Å². The van der Waals surface area contributed by atoms with Gasteiger partial charge in [-0.25, -0.2) is 4.98 Å². The molecule has 1 atom stereocenters. The Morgan fingerprint density at radius 1 is 1.59 bits per heavy atom. The van der Waals surface area contributed by atoms with Crippen LogP contribution in [0.1, 0.15) is 19.8 Å². The van der Waals surface area contributed by atoms with Gasteiger partial charge in [0.1, 0.15) is 10.4 Å². The van der Waals surface area contributed by atoms with Crippen LogP contribution in [0, 0.1) is 0 Å². The summed E-state index contributed by atoms with van der Waals surface area (Å²) < 4.78 is 6.38. The summed E-state index contributed by atoms with van der Waals surface area (Å²) in [6.07, 6.45) is 2.48. The molecule has 0 aliphatic carbocycles. The molecule has 1 aromatic heterocycles. The molecule has 2 N–H and O–H groups in total. The summed E-state index contributed by atoms with van der Waals surface area (Å²) >= 11 is 3.34. The van der Waals surface area contributed by atoms with Gasteiger partial charge in [0.2, 0.25) is 5.95 Å². The normalized spacial score (nSPS) is 20.6. The molecule has 2 rings (SSSR count). The number of nitrogen functional groups attached to an aromatic ring is 1. The van der Waals surface area contributed by atoms with E-state index in [0.29, 0.717) is 11.8 Å². The maximum Gasteiger partial charge on any atom is 0.228 e. The lowest BCUT2D eigenvalue weighted by molar-refractivity contribution is 0.0523. The molecular formula is C11H17BrN4O. The highest BCUT2D eigenvalue weighted by molar-refractivity contribution is 9.10. The van der Waals surface area contributed by atoms with Crippen LogP contribution >= 0.6 is 15.9 Å². The van der Waals surface area contributed by atoms with Gasteiger partial charge in [-0.1, -0.05) is 0 Å². The van der Waals surface area contributed by atoms with Gasteiger partial charge in [-0.2, -0.15) is 4.98 Å². The van der Waals surface area contributed by atoms with E-state index in [-0.39, 0.29) is 6.10 Å². The second kappa shape index (κ2) is 5.64. The largest absolute Gasteiger partial charge is 0.383 e. The van der Waals surface area contributed by atoms with Crippen molar-refractivity contribution in [3.63, 3.8) is 0 Å². The van der Waals surface area contributed by atoms with Gasteiger partial charge in [0.05, 0.1) is 6.10 Å². The summed E-state index contributed by atoms with van der Waals surface area (Å²) in [4.78, 5) is 10.7. The van der Waals surface area contributed by atoms with Crippen LogP contribution in [-0.2, 0) is 4.74 Å². The SMILES string of the molecule is CCOC1CCCN(c2nc(N)cc(Br)n2)C1. The first-order valence-corrected chi connectivity index (χ1v) is 6.65. The molecule has 1 aliphatic rings. The number of nitrogens with two attached hydrogens (primary N) is 1. The molecule has 94 valence electrons. The van der Waals surface area contributed by atoms with E-state index in [2.05, 4.69) is 30.8 Å². The van der Waals surface area contributed by atoms with Crippen LogP contribution < -0.4 is 10.6 Å². The van der Waals surface area contributed by atoms with E-state index in [1.54, 1.807) is 6.07 Å². The first-order valence-electron chi connectivity index (χ1n) is 5.85. The number of aromatic nitrogens is 2. The average Bonchev–Trinajstić information content (AvgIpc) is 2.28. The van der Waals surface area contributed by atoms with Crippen LogP contribution in [0.25, 0.3) is 0 Å². The zero-order valence-corrected chi connectivity index (χ0v) is 11.5. The molecule has 0 bridgehead atoms. The van der Waals surface area contributed by atoms with Crippen LogP contribution in [0.15, 0.2) is 10.7 Å². The zero-order chi connectivity index (χ0) is 12.3. The van der Waals surface area contributed by atoms with E-state index < -0.39 is 0 Å². The Morgan fingerprint density at radius 3 is 3.12 bits per heavy atom. The van der Waals surface area contributed by atoms with Crippen molar-refractivity contribution in [2.24, 2.45) is 0 Å². The smallest absolute Gasteiger partial charge is 0.228 e. The molecular weight excluding hydrogens is 284 g/mol. The highest BCUT2D eigenvalue weighted by Crippen LogP contribution is 2.21. The Morgan fingerprint density at radius 2 is 2.41 bits per heavy atom. The first kappa shape index (κ1) is 12.6. The molecule has 1 unspecified atom stereocenters. The van der Waals surface area contributed by atoms with E-state index in [4.69, 9.17) is 10.5 Å². The Labute approximate surface area is 110 Å². The molecule has 0 radical (unpaired) electrons. The van der Waals surface area contributed by atoms with E-state index in [0.717, 1.165) is 37.1 Å². The molecule has 1 aliphatic heterocycles. The van der Waals surface area contributed by atoms with Gasteiger partial charge in [-0.3, -0.25) is 0 Å². The minimum absolute atomic E-state index is 0.276. The fourth-order valence-electron chi connectivity index (χ4n) is 2.06. The predicted molar refractivity (Wildman–Crippen MR) is 71.0 cm³/mol. The number of piperidine rings is 1. The summed E-state index contributed by atoms with van der Waals surface area (Å²) in [6, 6.07) is 1.70. The van der Waals surface area contributed by atoms with Gasteiger partial charge in [0.25, 0.3) is 0 Å². The number of ether oxygens (including phenoxy) is 1. The lowest BCUT2D eigenvalue weighted by atomic mass is 10.1. The molecule has 0 amide bonds. The molecule has 17 heavy (non-hydrogen) atoms. The van der Waals surface area contributed by atoms with E-state index in [1.807, 2.05) is 6.92 Å². The van der Waals surface area contributed by atoms with Gasteiger partial charge in [0, 0.05) is 25.8 Å². The monoisotopic (exact) mass is 300 g/mol. The topological polar surface area (TPSA) is 64.3 Å². The van der Waals surface area contributed by atoms with E-state index >= 15 is 0 Å². The number of halogens is 1. The second-order valence-electron chi connectivity index (χ2n) is 4.08. The summed E-state index contributed by atoms with van der Waals surface area (Å²) in [5.41, 5.74) is 5.72. The maximum atomic E-state index is 5.72. The Balaban J connectivity index is 2.10. The van der Waals surface area contributed by atoms with E-state index in [9.17, 15) is 0 Å². The number of hydrogen-bond acceptors (Lipinski definition) is 5. The number of nitrogens with zero attached hydrogens (tertiary/aromatic N) is 3. The third-order valence-corrected chi connectivity index (χ3v) is 3.17. The van der Waals surface area contributed by atoms with Crippen molar-refractivity contribution in [1.82, 2.24) is 9.97 Å². The summed E-state index contributed by atoms with van der Waals surface area (Å²) in [6.45, 7) is 4.57. The molecule has 5 nitrogen and oxygen atoms in total.